The molecule has 3 rings (SSSR count). The summed E-state index contributed by atoms with van der Waals surface area (Å²) in [5.41, 5.74) is 3.45. The summed E-state index contributed by atoms with van der Waals surface area (Å²) < 4.78 is 10.7. The molecule has 1 unspecified atom stereocenters. The van der Waals surface area contributed by atoms with Gasteiger partial charge in [0.25, 0.3) is 0 Å². The summed E-state index contributed by atoms with van der Waals surface area (Å²) in [5, 5.41) is 0. The van der Waals surface area contributed by atoms with Crippen LogP contribution in [0.1, 0.15) is 27.0 Å². The molecule has 1 aliphatic heterocycles. The molecule has 0 bridgehead atoms. The highest BCUT2D eigenvalue weighted by Crippen LogP contribution is 2.21. The molecule has 0 saturated carbocycles. The molecule has 1 fully saturated rings. The molecule has 0 radical (unpaired) electrons. The van der Waals surface area contributed by atoms with Gasteiger partial charge < -0.3 is 9.47 Å². The maximum absolute atomic E-state index is 12.5. The van der Waals surface area contributed by atoms with E-state index >= 15 is 0 Å². The van der Waals surface area contributed by atoms with Gasteiger partial charge in [-0.25, -0.2) is 0 Å². The normalized spacial score (nSPS) is 16.6. The number of carbonyl (C=O) groups is 1. The Hall–Kier alpha value is -2.13. The molecule has 3 heteroatoms. The first-order valence-corrected chi connectivity index (χ1v) is 7.10. The fourth-order valence-corrected chi connectivity index (χ4v) is 2.28. The van der Waals surface area contributed by atoms with E-state index < -0.39 is 0 Å². The number of ketones is 1. The average molecular weight is 282 g/mol. The minimum Gasteiger partial charge on any atom is -0.491 e. The number of hydrogen-bond acceptors (Lipinski definition) is 3. The van der Waals surface area contributed by atoms with E-state index in [1.165, 1.54) is 0 Å². The van der Waals surface area contributed by atoms with Gasteiger partial charge in [-0.3, -0.25) is 4.79 Å². The van der Waals surface area contributed by atoms with Crippen LogP contribution in [-0.4, -0.2) is 25.1 Å². The molecule has 0 spiro atoms. The maximum atomic E-state index is 12.5. The molecular formula is C18H18O3. The summed E-state index contributed by atoms with van der Waals surface area (Å²) >= 11 is 0. The van der Waals surface area contributed by atoms with Crippen molar-refractivity contribution in [3.8, 4) is 5.75 Å². The van der Waals surface area contributed by atoms with E-state index in [4.69, 9.17) is 9.47 Å². The second-order valence-electron chi connectivity index (χ2n) is 5.44. The van der Waals surface area contributed by atoms with Gasteiger partial charge in [0.2, 0.25) is 0 Å². The monoisotopic (exact) mass is 282 g/mol. The van der Waals surface area contributed by atoms with Gasteiger partial charge in [-0.2, -0.15) is 0 Å². The zero-order chi connectivity index (χ0) is 14.8. The molecule has 21 heavy (non-hydrogen) atoms. The van der Waals surface area contributed by atoms with E-state index in [9.17, 15) is 4.79 Å². The first kappa shape index (κ1) is 13.8. The van der Waals surface area contributed by atoms with Crippen molar-refractivity contribution in [2.24, 2.45) is 0 Å². The van der Waals surface area contributed by atoms with Crippen LogP contribution in [0, 0.1) is 13.8 Å². The minimum absolute atomic E-state index is 0.0493. The van der Waals surface area contributed by atoms with Gasteiger partial charge in [-0.05, 0) is 43.7 Å². The Morgan fingerprint density at radius 3 is 2.71 bits per heavy atom. The summed E-state index contributed by atoms with van der Waals surface area (Å²) in [6, 6.07) is 13.2. The number of carbonyl (C=O) groups excluding carboxylic acids is 1. The van der Waals surface area contributed by atoms with Crippen molar-refractivity contribution in [1.29, 1.82) is 0 Å². The summed E-state index contributed by atoms with van der Waals surface area (Å²) in [7, 11) is 0. The highest BCUT2D eigenvalue weighted by Gasteiger charge is 2.23. The lowest BCUT2D eigenvalue weighted by atomic mass is 9.98. The van der Waals surface area contributed by atoms with E-state index in [-0.39, 0.29) is 11.9 Å². The van der Waals surface area contributed by atoms with E-state index in [1.807, 2.05) is 56.3 Å². The number of ether oxygens (including phenoxy) is 2. The predicted octanol–water partition coefficient (Wildman–Crippen LogP) is 3.31. The second kappa shape index (κ2) is 5.70. The molecule has 1 saturated heterocycles. The van der Waals surface area contributed by atoms with Crippen molar-refractivity contribution in [2.45, 2.75) is 20.0 Å². The third-order valence-electron chi connectivity index (χ3n) is 3.56. The van der Waals surface area contributed by atoms with Gasteiger partial charge in [0.15, 0.2) is 5.78 Å². The van der Waals surface area contributed by atoms with Gasteiger partial charge in [-0.15, -0.1) is 0 Å². The van der Waals surface area contributed by atoms with Gasteiger partial charge in [0.1, 0.15) is 18.5 Å². The highest BCUT2D eigenvalue weighted by molar-refractivity contribution is 6.10. The Morgan fingerprint density at radius 2 is 2.05 bits per heavy atom. The topological polar surface area (TPSA) is 38.8 Å². The van der Waals surface area contributed by atoms with Crippen LogP contribution in [0.4, 0.5) is 0 Å². The van der Waals surface area contributed by atoms with Crippen molar-refractivity contribution < 1.29 is 14.3 Å². The SMILES string of the molecule is Cc1cccc(C(=O)c2ccc(OCC3CO3)cc2C)c1. The average Bonchev–Trinajstić information content (AvgIpc) is 3.29. The Labute approximate surface area is 124 Å². The Kier molecular flexibility index (Phi) is 3.76. The number of rotatable bonds is 5. The lowest BCUT2D eigenvalue weighted by Gasteiger charge is -2.09. The van der Waals surface area contributed by atoms with Crippen molar-refractivity contribution in [2.75, 3.05) is 13.2 Å². The maximum Gasteiger partial charge on any atom is 0.193 e. The standard InChI is InChI=1S/C18H18O3/c1-12-4-3-5-14(8-12)18(19)17-7-6-15(9-13(17)2)20-10-16-11-21-16/h3-9,16H,10-11H2,1-2H3. The first-order valence-electron chi connectivity index (χ1n) is 7.10. The molecule has 2 aromatic rings. The van der Waals surface area contributed by atoms with Gasteiger partial charge in [0, 0.05) is 11.1 Å². The van der Waals surface area contributed by atoms with Crippen LogP contribution in [0.2, 0.25) is 0 Å². The largest absolute Gasteiger partial charge is 0.491 e. The molecule has 1 heterocycles. The molecule has 3 nitrogen and oxygen atoms in total. The first-order chi connectivity index (χ1) is 10.1. The molecule has 0 N–H and O–H groups in total. The predicted molar refractivity (Wildman–Crippen MR) is 81.0 cm³/mol. The number of epoxide rings is 1. The van der Waals surface area contributed by atoms with E-state index in [2.05, 4.69) is 0 Å². The van der Waals surface area contributed by atoms with Crippen LogP contribution < -0.4 is 4.74 Å². The summed E-state index contributed by atoms with van der Waals surface area (Å²) in [6.45, 7) is 5.28. The number of benzene rings is 2. The smallest absolute Gasteiger partial charge is 0.193 e. The molecular weight excluding hydrogens is 264 g/mol. The Bertz CT molecular complexity index is 672. The van der Waals surface area contributed by atoms with Gasteiger partial charge in [-0.1, -0.05) is 23.8 Å². The quantitative estimate of drug-likeness (QED) is 0.624. The van der Waals surface area contributed by atoms with Gasteiger partial charge >= 0.3 is 0 Å². The van der Waals surface area contributed by atoms with E-state index in [0.29, 0.717) is 6.61 Å². The summed E-state index contributed by atoms with van der Waals surface area (Å²) in [4.78, 5) is 12.5. The van der Waals surface area contributed by atoms with Crippen molar-refractivity contribution in [1.82, 2.24) is 0 Å². The number of aryl methyl sites for hydroxylation is 2. The second-order valence-corrected chi connectivity index (χ2v) is 5.44. The zero-order valence-electron chi connectivity index (χ0n) is 12.3. The molecule has 1 aliphatic rings. The van der Waals surface area contributed by atoms with Crippen LogP contribution in [0.25, 0.3) is 0 Å². The van der Waals surface area contributed by atoms with Crippen molar-refractivity contribution in [3.05, 3.63) is 64.7 Å². The Balaban J connectivity index is 1.79. The number of hydrogen-bond donors (Lipinski definition) is 0. The van der Waals surface area contributed by atoms with Crippen molar-refractivity contribution >= 4 is 5.78 Å². The Morgan fingerprint density at radius 1 is 1.24 bits per heavy atom. The molecule has 0 amide bonds. The van der Waals surface area contributed by atoms with Gasteiger partial charge in [0.05, 0.1) is 6.61 Å². The van der Waals surface area contributed by atoms with Crippen LogP contribution in [0.3, 0.4) is 0 Å². The lowest BCUT2D eigenvalue weighted by molar-refractivity contribution is 0.103. The van der Waals surface area contributed by atoms with Crippen LogP contribution in [-0.2, 0) is 4.74 Å². The molecule has 2 aromatic carbocycles. The van der Waals surface area contributed by atoms with Crippen LogP contribution in [0.15, 0.2) is 42.5 Å². The molecule has 1 atom stereocenters. The third kappa shape index (κ3) is 3.31. The lowest BCUT2D eigenvalue weighted by Crippen LogP contribution is -2.07. The molecule has 0 aliphatic carbocycles. The van der Waals surface area contributed by atoms with E-state index in [1.54, 1.807) is 0 Å². The molecule has 0 aromatic heterocycles. The fraction of sp³-hybridized carbons (Fsp3) is 0.278. The highest BCUT2D eigenvalue weighted by atomic mass is 16.6. The fourth-order valence-electron chi connectivity index (χ4n) is 2.28. The zero-order valence-corrected chi connectivity index (χ0v) is 12.3. The van der Waals surface area contributed by atoms with Crippen LogP contribution in [0.5, 0.6) is 5.75 Å². The summed E-state index contributed by atoms with van der Waals surface area (Å²) in [6.07, 6.45) is 0.235. The minimum atomic E-state index is 0.0493. The molecule has 108 valence electrons. The van der Waals surface area contributed by atoms with E-state index in [0.717, 1.165) is 34.6 Å². The van der Waals surface area contributed by atoms with Crippen LogP contribution >= 0.6 is 0 Å². The van der Waals surface area contributed by atoms with Crippen molar-refractivity contribution in [3.63, 3.8) is 0 Å². The summed E-state index contributed by atoms with van der Waals surface area (Å²) in [5.74, 6) is 0.831. The third-order valence-corrected chi connectivity index (χ3v) is 3.56.